The lowest BCUT2D eigenvalue weighted by atomic mass is 10.1. The van der Waals surface area contributed by atoms with Gasteiger partial charge in [0.2, 0.25) is 5.91 Å². The highest BCUT2D eigenvalue weighted by molar-refractivity contribution is 8.15. The van der Waals surface area contributed by atoms with Crippen LogP contribution in [-0.4, -0.2) is 27.4 Å². The molecule has 1 heterocycles. The standard InChI is InChI=1S/C17H17N3OS/c1-13(15-9-5-6-10-15)18-19-17-20(16(21)12-22-17)11-14-7-3-2-4-8-14/h2-10,15H,11-12H2,1H3/b18-13+,19-17+. The summed E-state index contributed by atoms with van der Waals surface area (Å²) in [5, 5.41) is 9.28. The van der Waals surface area contributed by atoms with E-state index in [0.717, 1.165) is 11.3 Å². The summed E-state index contributed by atoms with van der Waals surface area (Å²) >= 11 is 1.45. The highest BCUT2D eigenvalue weighted by Gasteiger charge is 2.28. The van der Waals surface area contributed by atoms with Crippen LogP contribution in [0.4, 0.5) is 0 Å². The van der Waals surface area contributed by atoms with Gasteiger partial charge in [-0.15, -0.1) is 5.10 Å². The second-order valence-electron chi connectivity index (χ2n) is 5.17. The number of carbonyl (C=O) groups is 1. The largest absolute Gasteiger partial charge is 0.285 e. The lowest BCUT2D eigenvalue weighted by Gasteiger charge is -2.15. The molecule has 1 aromatic carbocycles. The van der Waals surface area contributed by atoms with Crippen molar-refractivity contribution >= 4 is 28.5 Å². The van der Waals surface area contributed by atoms with Crippen LogP contribution in [0.15, 0.2) is 64.8 Å². The fourth-order valence-electron chi connectivity index (χ4n) is 2.29. The molecule has 0 unspecified atom stereocenters. The van der Waals surface area contributed by atoms with Crippen molar-refractivity contribution in [2.24, 2.45) is 16.1 Å². The lowest BCUT2D eigenvalue weighted by Crippen LogP contribution is -2.28. The molecule has 4 nitrogen and oxygen atoms in total. The average Bonchev–Trinajstić information content (AvgIpc) is 3.18. The van der Waals surface area contributed by atoms with Gasteiger partial charge >= 0.3 is 0 Å². The number of carbonyl (C=O) groups excluding carboxylic acids is 1. The maximum absolute atomic E-state index is 12.0. The zero-order chi connectivity index (χ0) is 15.4. The molecule has 1 aliphatic carbocycles. The number of amides is 1. The Balaban J connectivity index is 1.75. The first kappa shape index (κ1) is 14.8. The second kappa shape index (κ2) is 6.75. The molecular weight excluding hydrogens is 294 g/mol. The Morgan fingerprint density at radius 3 is 2.73 bits per heavy atom. The first-order valence-electron chi connectivity index (χ1n) is 7.18. The van der Waals surface area contributed by atoms with Gasteiger partial charge in [-0.1, -0.05) is 66.4 Å². The lowest BCUT2D eigenvalue weighted by molar-refractivity contribution is -0.124. The first-order chi connectivity index (χ1) is 10.7. The van der Waals surface area contributed by atoms with Gasteiger partial charge in [0.15, 0.2) is 5.17 Å². The molecule has 22 heavy (non-hydrogen) atoms. The molecule has 0 bridgehead atoms. The van der Waals surface area contributed by atoms with Crippen molar-refractivity contribution in [1.82, 2.24) is 4.90 Å². The monoisotopic (exact) mass is 311 g/mol. The second-order valence-corrected chi connectivity index (χ2v) is 6.12. The minimum absolute atomic E-state index is 0.0844. The van der Waals surface area contributed by atoms with E-state index in [9.17, 15) is 4.79 Å². The molecule has 3 rings (SSSR count). The van der Waals surface area contributed by atoms with Crippen LogP contribution in [0.5, 0.6) is 0 Å². The van der Waals surface area contributed by atoms with Crippen molar-refractivity contribution in [1.29, 1.82) is 0 Å². The van der Waals surface area contributed by atoms with Crippen molar-refractivity contribution in [2.45, 2.75) is 13.5 Å². The molecule has 0 aromatic heterocycles. The van der Waals surface area contributed by atoms with Crippen LogP contribution in [0.3, 0.4) is 0 Å². The Labute approximate surface area is 134 Å². The summed E-state index contributed by atoms with van der Waals surface area (Å²) < 4.78 is 0. The van der Waals surface area contributed by atoms with Crippen LogP contribution in [0.25, 0.3) is 0 Å². The number of amidine groups is 1. The summed E-state index contributed by atoms with van der Waals surface area (Å²) in [6.45, 7) is 2.50. The van der Waals surface area contributed by atoms with Crippen molar-refractivity contribution in [3.8, 4) is 0 Å². The Morgan fingerprint density at radius 2 is 2.00 bits per heavy atom. The number of benzene rings is 1. The van der Waals surface area contributed by atoms with Gasteiger partial charge in [0, 0.05) is 11.6 Å². The predicted molar refractivity (Wildman–Crippen MR) is 91.8 cm³/mol. The van der Waals surface area contributed by atoms with Gasteiger partial charge < -0.3 is 0 Å². The van der Waals surface area contributed by atoms with Gasteiger partial charge in [-0.2, -0.15) is 5.10 Å². The van der Waals surface area contributed by atoms with Crippen LogP contribution >= 0.6 is 11.8 Å². The van der Waals surface area contributed by atoms with Gasteiger partial charge in [0.1, 0.15) is 0 Å². The van der Waals surface area contributed by atoms with Crippen molar-refractivity contribution in [3.63, 3.8) is 0 Å². The fraction of sp³-hybridized carbons (Fsp3) is 0.235. The molecule has 2 aliphatic rings. The Bertz CT molecular complexity index is 664. The topological polar surface area (TPSA) is 45.0 Å². The number of thioether (sulfide) groups is 1. The van der Waals surface area contributed by atoms with E-state index in [-0.39, 0.29) is 11.8 Å². The molecule has 1 aliphatic heterocycles. The van der Waals surface area contributed by atoms with Crippen molar-refractivity contribution < 1.29 is 4.79 Å². The number of hydrogen-bond donors (Lipinski definition) is 0. The van der Waals surface area contributed by atoms with Crippen LogP contribution in [0.2, 0.25) is 0 Å². The highest BCUT2D eigenvalue weighted by Crippen LogP contribution is 2.22. The third-order valence-electron chi connectivity index (χ3n) is 3.56. The van der Waals surface area contributed by atoms with Crippen LogP contribution in [0.1, 0.15) is 12.5 Å². The SMILES string of the molecule is C/C(=N\N=C1\SCC(=O)N1Cc1ccccc1)C1C=CC=C1. The number of hydrogen-bond acceptors (Lipinski definition) is 4. The van der Waals surface area contributed by atoms with E-state index < -0.39 is 0 Å². The smallest absolute Gasteiger partial charge is 0.239 e. The molecule has 5 heteroatoms. The van der Waals surface area contributed by atoms with Crippen LogP contribution in [0, 0.1) is 5.92 Å². The van der Waals surface area contributed by atoms with E-state index in [1.54, 1.807) is 4.90 Å². The molecule has 0 saturated carbocycles. The van der Waals surface area contributed by atoms with Gasteiger partial charge in [0.05, 0.1) is 12.3 Å². The number of nitrogens with zero attached hydrogens (tertiary/aromatic N) is 3. The van der Waals surface area contributed by atoms with Gasteiger partial charge in [-0.25, -0.2) is 0 Å². The predicted octanol–water partition coefficient (Wildman–Crippen LogP) is 3.24. The normalized spacial score (nSPS) is 20.6. The molecule has 0 spiro atoms. The maximum atomic E-state index is 12.0. The summed E-state index contributed by atoms with van der Waals surface area (Å²) in [7, 11) is 0. The van der Waals surface area contributed by atoms with E-state index in [4.69, 9.17) is 0 Å². The molecule has 1 fully saturated rings. The van der Waals surface area contributed by atoms with E-state index >= 15 is 0 Å². The molecule has 112 valence electrons. The summed E-state index contributed by atoms with van der Waals surface area (Å²) in [6.07, 6.45) is 8.17. The number of allylic oxidation sites excluding steroid dienone is 4. The molecular formula is C17H17N3OS. The van der Waals surface area contributed by atoms with E-state index in [1.165, 1.54) is 11.8 Å². The fourth-order valence-corrected chi connectivity index (χ4v) is 3.12. The summed E-state index contributed by atoms with van der Waals surface area (Å²) in [6, 6.07) is 9.93. The van der Waals surface area contributed by atoms with Crippen LogP contribution < -0.4 is 0 Å². The summed E-state index contributed by atoms with van der Waals surface area (Å²) in [4.78, 5) is 13.7. The molecule has 0 radical (unpaired) electrons. The van der Waals surface area contributed by atoms with Gasteiger partial charge in [0.25, 0.3) is 0 Å². The molecule has 0 N–H and O–H groups in total. The van der Waals surface area contributed by atoms with Crippen molar-refractivity contribution in [2.75, 3.05) is 5.75 Å². The molecule has 0 atom stereocenters. The first-order valence-corrected chi connectivity index (χ1v) is 8.17. The maximum Gasteiger partial charge on any atom is 0.239 e. The zero-order valence-corrected chi connectivity index (χ0v) is 13.2. The zero-order valence-electron chi connectivity index (χ0n) is 12.3. The summed E-state index contributed by atoms with van der Waals surface area (Å²) in [5.41, 5.74) is 2.02. The molecule has 1 saturated heterocycles. The van der Waals surface area contributed by atoms with Gasteiger partial charge in [-0.05, 0) is 12.5 Å². The third-order valence-corrected chi connectivity index (χ3v) is 4.52. The average molecular weight is 311 g/mol. The van der Waals surface area contributed by atoms with Gasteiger partial charge in [-0.3, -0.25) is 9.69 Å². The summed E-state index contributed by atoms with van der Waals surface area (Å²) in [5.74, 6) is 0.735. The van der Waals surface area contributed by atoms with E-state index in [2.05, 4.69) is 22.4 Å². The molecule has 1 amide bonds. The third kappa shape index (κ3) is 3.36. The Kier molecular flexibility index (Phi) is 4.53. The van der Waals surface area contributed by atoms with Crippen LogP contribution in [-0.2, 0) is 11.3 Å². The van der Waals surface area contributed by atoms with E-state index in [0.29, 0.717) is 17.5 Å². The minimum Gasteiger partial charge on any atom is -0.285 e. The van der Waals surface area contributed by atoms with Crippen molar-refractivity contribution in [3.05, 3.63) is 60.2 Å². The molecule has 1 aromatic rings. The quantitative estimate of drug-likeness (QED) is 0.633. The minimum atomic E-state index is 0.0844. The Hall–Kier alpha value is -2.14. The van der Waals surface area contributed by atoms with E-state index in [1.807, 2.05) is 49.4 Å². The Morgan fingerprint density at radius 1 is 1.27 bits per heavy atom. The highest BCUT2D eigenvalue weighted by atomic mass is 32.2. The number of rotatable bonds is 4.